The number of sulfonamides is 1. The fourth-order valence-corrected chi connectivity index (χ4v) is 3.86. The van der Waals surface area contributed by atoms with Gasteiger partial charge in [-0.05, 0) is 47.5 Å². The standard InChI is InChI=1S/C11H23NO3S/c1-10(2,3)16(14,15)12-7-6-9(13)8-11(12,4)5/h9,13H,6-8H2,1-5H3. The summed E-state index contributed by atoms with van der Waals surface area (Å²) >= 11 is 0. The van der Waals surface area contributed by atoms with E-state index in [4.69, 9.17) is 0 Å². The second-order valence-electron chi connectivity index (χ2n) is 6.15. The predicted molar refractivity (Wildman–Crippen MR) is 64.7 cm³/mol. The molecule has 1 fully saturated rings. The third-order valence-electron chi connectivity index (χ3n) is 3.14. The van der Waals surface area contributed by atoms with Crippen LogP contribution in [0.4, 0.5) is 0 Å². The lowest BCUT2D eigenvalue weighted by atomic mass is 9.91. The maximum atomic E-state index is 12.4. The van der Waals surface area contributed by atoms with Crippen molar-refractivity contribution in [3.63, 3.8) is 0 Å². The Morgan fingerprint density at radius 2 is 1.81 bits per heavy atom. The average molecular weight is 249 g/mol. The highest BCUT2D eigenvalue weighted by Crippen LogP contribution is 2.34. The van der Waals surface area contributed by atoms with E-state index in [0.29, 0.717) is 19.4 Å². The minimum atomic E-state index is -3.31. The first-order valence-electron chi connectivity index (χ1n) is 5.69. The van der Waals surface area contributed by atoms with Crippen LogP contribution in [0.1, 0.15) is 47.5 Å². The highest BCUT2D eigenvalue weighted by Gasteiger charge is 2.45. The van der Waals surface area contributed by atoms with Gasteiger partial charge in [0.1, 0.15) is 0 Å². The van der Waals surface area contributed by atoms with E-state index in [9.17, 15) is 13.5 Å². The van der Waals surface area contributed by atoms with Crippen LogP contribution in [0.25, 0.3) is 0 Å². The Morgan fingerprint density at radius 3 is 2.19 bits per heavy atom. The van der Waals surface area contributed by atoms with E-state index in [0.717, 1.165) is 0 Å². The van der Waals surface area contributed by atoms with Crippen molar-refractivity contribution >= 4 is 10.0 Å². The normalized spacial score (nSPS) is 28.0. The number of aliphatic hydroxyl groups excluding tert-OH is 1. The summed E-state index contributed by atoms with van der Waals surface area (Å²) in [6, 6.07) is 0. The number of aliphatic hydroxyl groups is 1. The van der Waals surface area contributed by atoms with Crippen LogP contribution in [0.3, 0.4) is 0 Å². The molecule has 0 aromatic carbocycles. The molecule has 5 heteroatoms. The lowest BCUT2D eigenvalue weighted by Gasteiger charge is -2.45. The van der Waals surface area contributed by atoms with Gasteiger partial charge in [0.05, 0.1) is 10.9 Å². The molecule has 0 radical (unpaired) electrons. The highest BCUT2D eigenvalue weighted by molar-refractivity contribution is 7.90. The van der Waals surface area contributed by atoms with Gasteiger partial charge in [0, 0.05) is 12.1 Å². The van der Waals surface area contributed by atoms with Crippen LogP contribution >= 0.6 is 0 Å². The Balaban J connectivity index is 3.06. The van der Waals surface area contributed by atoms with Crippen molar-refractivity contribution in [1.29, 1.82) is 0 Å². The molecule has 96 valence electrons. The molecule has 0 aromatic rings. The zero-order chi connectivity index (χ0) is 12.8. The van der Waals surface area contributed by atoms with E-state index >= 15 is 0 Å². The van der Waals surface area contributed by atoms with Crippen LogP contribution in [-0.2, 0) is 10.0 Å². The maximum absolute atomic E-state index is 12.4. The van der Waals surface area contributed by atoms with E-state index in [1.54, 1.807) is 25.1 Å². The van der Waals surface area contributed by atoms with Crippen LogP contribution < -0.4 is 0 Å². The van der Waals surface area contributed by atoms with E-state index < -0.39 is 20.3 Å². The smallest absolute Gasteiger partial charge is 0.219 e. The van der Waals surface area contributed by atoms with Gasteiger partial charge in [-0.1, -0.05) is 0 Å². The quantitative estimate of drug-likeness (QED) is 0.763. The molecule has 0 amide bonds. The van der Waals surface area contributed by atoms with Crippen LogP contribution in [0, 0.1) is 0 Å². The third-order valence-corrected chi connectivity index (χ3v) is 5.94. The first kappa shape index (κ1) is 13.9. The third kappa shape index (κ3) is 2.41. The van der Waals surface area contributed by atoms with Gasteiger partial charge >= 0.3 is 0 Å². The molecule has 0 bridgehead atoms. The summed E-state index contributed by atoms with van der Waals surface area (Å²) in [7, 11) is -3.31. The minimum Gasteiger partial charge on any atom is -0.393 e. The fraction of sp³-hybridized carbons (Fsp3) is 1.00. The van der Waals surface area contributed by atoms with Gasteiger partial charge in [0.2, 0.25) is 10.0 Å². The molecule has 1 unspecified atom stereocenters. The van der Waals surface area contributed by atoms with Crippen molar-refractivity contribution < 1.29 is 13.5 Å². The van der Waals surface area contributed by atoms with Crippen LogP contribution in [0.5, 0.6) is 0 Å². The van der Waals surface area contributed by atoms with Crippen molar-refractivity contribution in [2.24, 2.45) is 0 Å². The van der Waals surface area contributed by atoms with Gasteiger partial charge in [-0.15, -0.1) is 0 Å². The molecular formula is C11H23NO3S. The summed E-state index contributed by atoms with van der Waals surface area (Å²) in [6.07, 6.45) is 0.641. The molecule has 0 saturated carbocycles. The molecule has 1 atom stereocenters. The lowest BCUT2D eigenvalue weighted by Crippen LogP contribution is -2.57. The van der Waals surface area contributed by atoms with Crippen LogP contribution in [0.2, 0.25) is 0 Å². The van der Waals surface area contributed by atoms with E-state index in [-0.39, 0.29) is 6.10 Å². The molecular weight excluding hydrogens is 226 g/mol. The Bertz CT molecular complexity index is 354. The molecule has 1 saturated heterocycles. The fourth-order valence-electron chi connectivity index (χ4n) is 2.13. The molecule has 0 aromatic heterocycles. The Morgan fingerprint density at radius 1 is 1.31 bits per heavy atom. The van der Waals surface area contributed by atoms with Gasteiger partial charge in [-0.2, -0.15) is 4.31 Å². The topological polar surface area (TPSA) is 57.6 Å². The molecule has 1 rings (SSSR count). The second-order valence-corrected chi connectivity index (χ2v) is 8.76. The Labute approximate surface area is 98.7 Å². The molecule has 16 heavy (non-hydrogen) atoms. The van der Waals surface area contributed by atoms with Gasteiger partial charge in [0.15, 0.2) is 0 Å². The van der Waals surface area contributed by atoms with Crippen molar-refractivity contribution in [1.82, 2.24) is 4.31 Å². The summed E-state index contributed by atoms with van der Waals surface area (Å²) < 4.78 is 25.5. The largest absolute Gasteiger partial charge is 0.393 e. The van der Waals surface area contributed by atoms with Crippen molar-refractivity contribution in [2.45, 2.75) is 63.9 Å². The average Bonchev–Trinajstić information content (AvgIpc) is 1.98. The molecule has 0 aliphatic carbocycles. The number of hydrogen-bond acceptors (Lipinski definition) is 3. The van der Waals surface area contributed by atoms with Gasteiger partial charge in [-0.3, -0.25) is 0 Å². The van der Waals surface area contributed by atoms with Crippen LogP contribution in [0.15, 0.2) is 0 Å². The minimum absolute atomic E-state index is 0.388. The number of rotatable bonds is 1. The second kappa shape index (κ2) is 3.96. The zero-order valence-corrected chi connectivity index (χ0v) is 11.6. The SMILES string of the molecule is CC1(C)CC(O)CCN1S(=O)(=O)C(C)(C)C. The molecule has 1 aliphatic heterocycles. The molecule has 1 aliphatic rings. The first-order valence-corrected chi connectivity index (χ1v) is 7.13. The summed E-state index contributed by atoms with van der Waals surface area (Å²) in [6.45, 7) is 9.29. The zero-order valence-electron chi connectivity index (χ0n) is 10.8. The highest BCUT2D eigenvalue weighted by atomic mass is 32.2. The Kier molecular flexibility index (Phi) is 3.45. The summed E-state index contributed by atoms with van der Waals surface area (Å²) in [5.74, 6) is 0. The molecule has 1 N–H and O–H groups in total. The monoisotopic (exact) mass is 249 g/mol. The van der Waals surface area contributed by atoms with E-state index in [1.807, 2.05) is 13.8 Å². The van der Waals surface area contributed by atoms with E-state index in [2.05, 4.69) is 0 Å². The summed E-state index contributed by atoms with van der Waals surface area (Å²) in [5, 5.41) is 9.61. The van der Waals surface area contributed by atoms with E-state index in [1.165, 1.54) is 0 Å². The molecule has 0 spiro atoms. The van der Waals surface area contributed by atoms with Crippen molar-refractivity contribution in [3.8, 4) is 0 Å². The summed E-state index contributed by atoms with van der Waals surface area (Å²) in [5.41, 5.74) is -0.496. The van der Waals surface area contributed by atoms with Gasteiger partial charge < -0.3 is 5.11 Å². The number of hydrogen-bond donors (Lipinski definition) is 1. The number of nitrogens with zero attached hydrogens (tertiary/aromatic N) is 1. The van der Waals surface area contributed by atoms with Gasteiger partial charge in [-0.25, -0.2) is 8.42 Å². The van der Waals surface area contributed by atoms with Crippen molar-refractivity contribution in [3.05, 3.63) is 0 Å². The maximum Gasteiger partial charge on any atom is 0.219 e. The lowest BCUT2D eigenvalue weighted by molar-refractivity contribution is 0.0433. The number of piperidine rings is 1. The van der Waals surface area contributed by atoms with Gasteiger partial charge in [0.25, 0.3) is 0 Å². The molecule has 4 nitrogen and oxygen atoms in total. The Hall–Kier alpha value is -0.130. The molecule has 1 heterocycles. The summed E-state index contributed by atoms with van der Waals surface area (Å²) in [4.78, 5) is 0. The van der Waals surface area contributed by atoms with Crippen LogP contribution in [-0.4, -0.2) is 40.8 Å². The first-order chi connectivity index (χ1) is 6.98. The predicted octanol–water partition coefficient (Wildman–Crippen LogP) is 1.35. The van der Waals surface area contributed by atoms with Crippen molar-refractivity contribution in [2.75, 3.05) is 6.54 Å².